The first kappa shape index (κ1) is 16.1. The summed E-state index contributed by atoms with van der Waals surface area (Å²) in [6.45, 7) is 7.86. The zero-order valence-electron chi connectivity index (χ0n) is 11.7. The molecule has 0 saturated carbocycles. The third kappa shape index (κ3) is 4.53. The highest BCUT2D eigenvalue weighted by molar-refractivity contribution is 5.86. The van der Waals surface area contributed by atoms with Gasteiger partial charge in [-0.05, 0) is 31.2 Å². The van der Waals surface area contributed by atoms with Gasteiger partial charge >= 0.3 is 5.97 Å². The van der Waals surface area contributed by atoms with E-state index in [9.17, 15) is 4.79 Å². The highest BCUT2D eigenvalue weighted by atomic mass is 16.5. The van der Waals surface area contributed by atoms with Gasteiger partial charge in [0, 0.05) is 0 Å². The first-order valence-electron chi connectivity index (χ1n) is 6.07. The van der Waals surface area contributed by atoms with Crippen molar-refractivity contribution in [3.05, 3.63) is 40.5 Å². The average molecular weight is 247 g/mol. The van der Waals surface area contributed by atoms with E-state index >= 15 is 0 Å². The van der Waals surface area contributed by atoms with Crippen LogP contribution in [0.2, 0.25) is 0 Å². The van der Waals surface area contributed by atoms with Crippen LogP contribution in [0.15, 0.2) is 24.3 Å². The van der Waals surface area contributed by atoms with Crippen LogP contribution in [0.25, 0.3) is 12.2 Å². The second-order valence-electron chi connectivity index (χ2n) is 3.14. The minimum absolute atomic E-state index is 0.323. The molecule has 0 aliphatic heterocycles. The van der Waals surface area contributed by atoms with Crippen LogP contribution >= 0.6 is 0 Å². The maximum absolute atomic E-state index is 11.3. The molecule has 0 aliphatic rings. The maximum atomic E-state index is 11.3. The van der Waals surface area contributed by atoms with Crippen molar-refractivity contribution in [2.24, 2.45) is 0 Å². The molecule has 0 bridgehead atoms. The molecule has 3 nitrogen and oxygen atoms in total. The van der Waals surface area contributed by atoms with Crippen molar-refractivity contribution in [2.75, 3.05) is 7.11 Å². The van der Waals surface area contributed by atoms with Gasteiger partial charge in [-0.1, -0.05) is 38.1 Å². The lowest BCUT2D eigenvalue weighted by Crippen LogP contribution is -2.29. The second-order valence-corrected chi connectivity index (χ2v) is 3.14. The normalized spacial score (nSPS) is 12.3. The van der Waals surface area contributed by atoms with Gasteiger partial charge in [0.15, 0.2) is 0 Å². The summed E-state index contributed by atoms with van der Waals surface area (Å²) >= 11 is 0. The molecule has 1 heterocycles. The zero-order valence-corrected chi connectivity index (χ0v) is 11.7. The molecule has 0 amide bonds. The molecule has 0 atom stereocenters. The van der Waals surface area contributed by atoms with E-state index in [1.165, 1.54) is 7.11 Å². The topological polar surface area (TPSA) is 39.2 Å². The first-order valence-corrected chi connectivity index (χ1v) is 6.07. The monoisotopic (exact) mass is 247 g/mol. The van der Waals surface area contributed by atoms with E-state index in [-0.39, 0.29) is 0 Å². The second kappa shape index (κ2) is 9.16. The fraction of sp³-hybridized carbons (Fsp3) is 0.333. The van der Waals surface area contributed by atoms with E-state index in [0.717, 1.165) is 10.6 Å². The predicted molar refractivity (Wildman–Crippen MR) is 75.6 cm³/mol. The van der Waals surface area contributed by atoms with E-state index in [1.807, 2.05) is 58.1 Å². The minimum atomic E-state index is -0.419. The Labute approximate surface area is 109 Å². The summed E-state index contributed by atoms with van der Waals surface area (Å²) in [7, 11) is 1.35. The van der Waals surface area contributed by atoms with Gasteiger partial charge in [0.2, 0.25) is 0 Å². The Bertz CT molecular complexity index is 516. The number of rotatable bonds is 2. The Hall–Kier alpha value is -1.90. The number of allylic oxidation sites excluding steroid dienone is 2. The molecule has 1 aromatic rings. The van der Waals surface area contributed by atoms with Gasteiger partial charge in [0.1, 0.15) is 5.69 Å². The first-order chi connectivity index (χ1) is 8.72. The minimum Gasteiger partial charge on any atom is -0.464 e. The van der Waals surface area contributed by atoms with Gasteiger partial charge in [-0.15, -0.1) is 0 Å². The number of esters is 1. The summed E-state index contributed by atoms with van der Waals surface area (Å²) < 4.78 is 4.63. The van der Waals surface area contributed by atoms with Crippen LogP contribution in [0.3, 0.4) is 0 Å². The number of hydrogen-bond acceptors (Lipinski definition) is 3. The number of hydrogen-bond donors (Lipinski definition) is 0. The van der Waals surface area contributed by atoms with Crippen LogP contribution in [0.1, 0.15) is 38.2 Å². The lowest BCUT2D eigenvalue weighted by Gasteiger charge is -1.97. The van der Waals surface area contributed by atoms with Crippen LogP contribution in [-0.2, 0) is 4.74 Å². The van der Waals surface area contributed by atoms with Gasteiger partial charge in [0.25, 0.3) is 0 Å². The molecular weight excluding hydrogens is 226 g/mol. The number of pyridine rings is 1. The molecule has 98 valence electrons. The fourth-order valence-electron chi connectivity index (χ4n) is 1.27. The quantitative estimate of drug-likeness (QED) is 0.751. The molecule has 0 saturated heterocycles. The van der Waals surface area contributed by atoms with Gasteiger partial charge in [-0.2, -0.15) is 0 Å². The summed E-state index contributed by atoms with van der Waals surface area (Å²) in [5.74, 6) is -0.419. The average Bonchev–Trinajstić information content (AvgIpc) is 2.45. The van der Waals surface area contributed by atoms with E-state index in [2.05, 4.69) is 9.72 Å². The van der Waals surface area contributed by atoms with Gasteiger partial charge in [-0.3, -0.25) is 0 Å². The summed E-state index contributed by atoms with van der Waals surface area (Å²) in [6, 6.07) is 3.52. The highest BCUT2D eigenvalue weighted by Crippen LogP contribution is 1.90. The van der Waals surface area contributed by atoms with Crippen LogP contribution in [-0.4, -0.2) is 18.1 Å². The summed E-state index contributed by atoms with van der Waals surface area (Å²) in [6.07, 6.45) is 7.60. The molecule has 0 unspecified atom stereocenters. The molecule has 0 N–H and O–H groups in total. The summed E-state index contributed by atoms with van der Waals surface area (Å²) in [5, 5.41) is 1.76. The smallest absolute Gasteiger partial charge is 0.356 e. The molecule has 1 aromatic heterocycles. The Morgan fingerprint density at radius 3 is 2.44 bits per heavy atom. The summed E-state index contributed by atoms with van der Waals surface area (Å²) in [4.78, 5) is 15.6. The number of aromatic nitrogens is 1. The standard InChI is InChI=1S/C13H15NO2.C2H6/c1-4-6-7-11-10(5-2)8-9-12(14-11)13(15)16-3;1-2/h4-9H,1-3H3;1-2H3/b6-4-,10-5-,11-7+;. The molecule has 1 rings (SSSR count). The van der Waals surface area contributed by atoms with Crippen molar-refractivity contribution in [2.45, 2.75) is 27.7 Å². The van der Waals surface area contributed by atoms with Gasteiger partial charge < -0.3 is 4.74 Å². The Morgan fingerprint density at radius 1 is 1.28 bits per heavy atom. The largest absolute Gasteiger partial charge is 0.464 e. The molecule has 0 fully saturated rings. The maximum Gasteiger partial charge on any atom is 0.356 e. The number of methoxy groups -OCH3 is 1. The number of carbonyl (C=O) groups is 1. The van der Waals surface area contributed by atoms with E-state index in [0.29, 0.717) is 5.69 Å². The molecule has 0 aliphatic carbocycles. The van der Waals surface area contributed by atoms with Crippen molar-refractivity contribution < 1.29 is 9.53 Å². The van der Waals surface area contributed by atoms with Crippen molar-refractivity contribution >= 4 is 18.1 Å². The number of carbonyl (C=O) groups excluding carboxylic acids is 1. The highest BCUT2D eigenvalue weighted by Gasteiger charge is 2.05. The van der Waals surface area contributed by atoms with Gasteiger partial charge in [0.05, 0.1) is 12.5 Å². The number of ether oxygens (including phenoxy) is 1. The van der Waals surface area contributed by atoms with Crippen LogP contribution in [0.5, 0.6) is 0 Å². The number of nitrogens with zero attached hydrogens (tertiary/aromatic N) is 1. The molecule has 0 aromatic carbocycles. The van der Waals surface area contributed by atoms with Crippen LogP contribution in [0.4, 0.5) is 0 Å². The zero-order chi connectivity index (χ0) is 14.0. The summed E-state index contributed by atoms with van der Waals surface area (Å²) in [5.41, 5.74) is 0.323. The van der Waals surface area contributed by atoms with Crippen molar-refractivity contribution in [3.63, 3.8) is 0 Å². The molecule has 0 radical (unpaired) electrons. The van der Waals surface area contributed by atoms with E-state index < -0.39 is 5.97 Å². The fourth-order valence-corrected chi connectivity index (χ4v) is 1.27. The van der Waals surface area contributed by atoms with E-state index in [1.54, 1.807) is 6.07 Å². The third-order valence-electron chi connectivity index (χ3n) is 2.11. The molecular formula is C15H21NO2. The van der Waals surface area contributed by atoms with Gasteiger partial charge in [-0.25, -0.2) is 9.78 Å². The molecule has 18 heavy (non-hydrogen) atoms. The Morgan fingerprint density at radius 2 is 1.94 bits per heavy atom. The lowest BCUT2D eigenvalue weighted by molar-refractivity contribution is 0.0593. The van der Waals surface area contributed by atoms with Crippen molar-refractivity contribution in [1.82, 2.24) is 4.98 Å². The predicted octanol–water partition coefficient (Wildman–Crippen LogP) is 2.05. The third-order valence-corrected chi connectivity index (χ3v) is 2.11. The Kier molecular flexibility index (Phi) is 8.20. The molecule has 3 heteroatoms. The SMILES string of the molecule is CC.C\C=C/C=c1/nc(C(=O)OC)cc/c1=C/C. The van der Waals surface area contributed by atoms with Crippen LogP contribution in [0, 0.1) is 0 Å². The van der Waals surface area contributed by atoms with Crippen molar-refractivity contribution in [1.29, 1.82) is 0 Å². The Balaban J connectivity index is 0.00000137. The van der Waals surface area contributed by atoms with Crippen molar-refractivity contribution in [3.8, 4) is 0 Å². The lowest BCUT2D eigenvalue weighted by atomic mass is 10.2. The van der Waals surface area contributed by atoms with Crippen LogP contribution < -0.4 is 10.6 Å². The van der Waals surface area contributed by atoms with E-state index in [4.69, 9.17) is 0 Å². The molecule has 0 spiro atoms.